The summed E-state index contributed by atoms with van der Waals surface area (Å²) in [5.41, 5.74) is 3.91. The molecule has 2 aromatic rings. The van der Waals surface area contributed by atoms with Crippen molar-refractivity contribution in [3.63, 3.8) is 0 Å². The van der Waals surface area contributed by atoms with Gasteiger partial charge in [-0.1, -0.05) is 15.9 Å². The van der Waals surface area contributed by atoms with Crippen LogP contribution in [0.15, 0.2) is 22.7 Å². The molecule has 1 aromatic heterocycles. The molecule has 3 rings (SSSR count). The normalized spacial score (nSPS) is 15.9. The molecule has 0 amide bonds. The molecule has 0 radical (unpaired) electrons. The lowest BCUT2D eigenvalue weighted by Crippen LogP contribution is -2.16. The summed E-state index contributed by atoms with van der Waals surface area (Å²) in [5.74, 6) is 0. The summed E-state index contributed by atoms with van der Waals surface area (Å²) in [6.45, 7) is 3.15. The topological polar surface area (TPSA) is 27.8 Å². The second-order valence-electron chi connectivity index (χ2n) is 4.57. The third kappa shape index (κ3) is 1.89. The summed E-state index contributed by atoms with van der Waals surface area (Å²) >= 11 is 3.52. The highest BCUT2D eigenvalue weighted by atomic mass is 79.9. The first kappa shape index (κ1) is 10.4. The van der Waals surface area contributed by atoms with Crippen molar-refractivity contribution in [1.29, 1.82) is 0 Å². The number of H-pyrrole nitrogens is 1. The largest absolute Gasteiger partial charge is 0.357 e. The zero-order valence-corrected chi connectivity index (χ0v) is 10.9. The highest BCUT2D eigenvalue weighted by molar-refractivity contribution is 9.10. The summed E-state index contributed by atoms with van der Waals surface area (Å²) in [6.07, 6.45) is 2.68. The van der Waals surface area contributed by atoms with Crippen molar-refractivity contribution in [2.24, 2.45) is 0 Å². The van der Waals surface area contributed by atoms with Crippen molar-refractivity contribution in [2.75, 3.05) is 0 Å². The van der Waals surface area contributed by atoms with E-state index >= 15 is 0 Å². The van der Waals surface area contributed by atoms with E-state index < -0.39 is 0 Å². The fourth-order valence-electron chi connectivity index (χ4n) is 2.07. The molecule has 1 aromatic carbocycles. The van der Waals surface area contributed by atoms with Crippen LogP contribution in [0.2, 0.25) is 0 Å². The molecule has 0 saturated heterocycles. The van der Waals surface area contributed by atoms with E-state index in [0.29, 0.717) is 0 Å². The molecule has 0 unspecified atom stereocenters. The molecule has 1 saturated carbocycles. The summed E-state index contributed by atoms with van der Waals surface area (Å²) in [7, 11) is 0. The third-order valence-corrected chi connectivity index (χ3v) is 3.76. The van der Waals surface area contributed by atoms with Crippen LogP contribution in [0.5, 0.6) is 0 Å². The standard InChI is InChI=1S/C13H15BrN2/c1-8-11-6-9(14)2-5-12(11)16-13(8)7-15-10-3-4-10/h2,5-6,10,15-16H,3-4,7H2,1H3. The first-order valence-corrected chi connectivity index (χ1v) is 6.53. The van der Waals surface area contributed by atoms with Crippen LogP contribution in [0.25, 0.3) is 10.9 Å². The van der Waals surface area contributed by atoms with Crippen LogP contribution >= 0.6 is 15.9 Å². The van der Waals surface area contributed by atoms with E-state index in [0.717, 1.165) is 17.1 Å². The van der Waals surface area contributed by atoms with Gasteiger partial charge in [0.2, 0.25) is 0 Å². The van der Waals surface area contributed by atoms with Gasteiger partial charge in [-0.25, -0.2) is 0 Å². The van der Waals surface area contributed by atoms with E-state index in [2.05, 4.69) is 51.4 Å². The maximum absolute atomic E-state index is 3.55. The second-order valence-corrected chi connectivity index (χ2v) is 5.49. The fourth-order valence-corrected chi connectivity index (χ4v) is 2.43. The number of aromatic amines is 1. The Kier molecular flexibility index (Phi) is 2.52. The third-order valence-electron chi connectivity index (χ3n) is 3.27. The Morgan fingerprint density at radius 2 is 2.25 bits per heavy atom. The number of hydrogen-bond acceptors (Lipinski definition) is 1. The Morgan fingerprint density at radius 3 is 3.00 bits per heavy atom. The van der Waals surface area contributed by atoms with Gasteiger partial charge in [-0.15, -0.1) is 0 Å². The maximum Gasteiger partial charge on any atom is 0.0460 e. The minimum Gasteiger partial charge on any atom is -0.357 e. The Labute approximate surface area is 104 Å². The molecule has 84 valence electrons. The van der Waals surface area contributed by atoms with Crippen LogP contribution in [-0.4, -0.2) is 11.0 Å². The highest BCUT2D eigenvalue weighted by Crippen LogP contribution is 2.26. The van der Waals surface area contributed by atoms with Crippen molar-refractivity contribution in [3.8, 4) is 0 Å². The van der Waals surface area contributed by atoms with Crippen LogP contribution in [0.3, 0.4) is 0 Å². The number of hydrogen-bond donors (Lipinski definition) is 2. The molecule has 2 N–H and O–H groups in total. The van der Waals surface area contributed by atoms with E-state index in [4.69, 9.17) is 0 Å². The van der Waals surface area contributed by atoms with Crippen molar-refractivity contribution in [1.82, 2.24) is 10.3 Å². The fraction of sp³-hybridized carbons (Fsp3) is 0.385. The van der Waals surface area contributed by atoms with Gasteiger partial charge in [0.05, 0.1) is 0 Å². The molecule has 3 heteroatoms. The van der Waals surface area contributed by atoms with Crippen molar-refractivity contribution in [2.45, 2.75) is 32.4 Å². The monoisotopic (exact) mass is 278 g/mol. The van der Waals surface area contributed by atoms with Gasteiger partial charge in [0, 0.05) is 33.7 Å². The Hall–Kier alpha value is -0.800. The van der Waals surface area contributed by atoms with Gasteiger partial charge >= 0.3 is 0 Å². The lowest BCUT2D eigenvalue weighted by molar-refractivity contribution is 0.676. The quantitative estimate of drug-likeness (QED) is 0.884. The van der Waals surface area contributed by atoms with Crippen molar-refractivity contribution < 1.29 is 0 Å². The molecular weight excluding hydrogens is 264 g/mol. The zero-order valence-electron chi connectivity index (χ0n) is 9.31. The second kappa shape index (κ2) is 3.90. The van der Waals surface area contributed by atoms with Gasteiger partial charge in [0.25, 0.3) is 0 Å². The number of benzene rings is 1. The molecule has 16 heavy (non-hydrogen) atoms. The summed E-state index contributed by atoms with van der Waals surface area (Å²) in [4.78, 5) is 3.49. The smallest absolute Gasteiger partial charge is 0.0460 e. The van der Waals surface area contributed by atoms with Crippen molar-refractivity contribution in [3.05, 3.63) is 33.9 Å². The number of aromatic nitrogens is 1. The van der Waals surface area contributed by atoms with Crippen LogP contribution in [0.1, 0.15) is 24.1 Å². The molecule has 0 spiro atoms. The SMILES string of the molecule is Cc1c(CNC2CC2)[nH]c2ccc(Br)cc12. The lowest BCUT2D eigenvalue weighted by atomic mass is 10.1. The molecule has 1 heterocycles. The predicted octanol–water partition coefficient (Wildman–Crippen LogP) is 3.49. The van der Waals surface area contributed by atoms with Gasteiger partial charge < -0.3 is 10.3 Å². The highest BCUT2D eigenvalue weighted by Gasteiger charge is 2.20. The molecule has 1 aliphatic rings. The van der Waals surface area contributed by atoms with E-state index in [9.17, 15) is 0 Å². The minimum absolute atomic E-state index is 0.762. The Balaban J connectivity index is 1.94. The summed E-state index contributed by atoms with van der Waals surface area (Å²) in [6, 6.07) is 7.16. The Morgan fingerprint density at radius 1 is 1.44 bits per heavy atom. The molecular formula is C13H15BrN2. The molecule has 0 aliphatic heterocycles. The number of fused-ring (bicyclic) bond motifs is 1. The molecule has 0 bridgehead atoms. The molecule has 0 atom stereocenters. The predicted molar refractivity (Wildman–Crippen MR) is 70.6 cm³/mol. The van der Waals surface area contributed by atoms with Gasteiger partial charge in [-0.2, -0.15) is 0 Å². The average Bonchev–Trinajstić information content (AvgIpc) is 3.04. The van der Waals surface area contributed by atoms with E-state index in [-0.39, 0.29) is 0 Å². The summed E-state index contributed by atoms with van der Waals surface area (Å²) in [5, 5.41) is 4.87. The number of aryl methyl sites for hydroxylation is 1. The van der Waals surface area contributed by atoms with Gasteiger partial charge in [0.15, 0.2) is 0 Å². The molecule has 1 aliphatic carbocycles. The maximum atomic E-state index is 3.55. The lowest BCUT2D eigenvalue weighted by Gasteiger charge is -2.01. The van der Waals surface area contributed by atoms with Gasteiger partial charge in [-0.05, 0) is 43.5 Å². The van der Waals surface area contributed by atoms with Crippen molar-refractivity contribution >= 4 is 26.8 Å². The number of halogens is 1. The number of nitrogens with one attached hydrogen (secondary N) is 2. The average molecular weight is 279 g/mol. The van der Waals surface area contributed by atoms with E-state index in [1.54, 1.807) is 0 Å². The summed E-state index contributed by atoms with van der Waals surface area (Å²) < 4.78 is 1.14. The van der Waals surface area contributed by atoms with Crippen LogP contribution in [0.4, 0.5) is 0 Å². The van der Waals surface area contributed by atoms with Gasteiger partial charge in [-0.3, -0.25) is 0 Å². The minimum atomic E-state index is 0.762. The van der Waals surface area contributed by atoms with Crippen LogP contribution in [0, 0.1) is 6.92 Å². The van der Waals surface area contributed by atoms with Crippen LogP contribution in [-0.2, 0) is 6.54 Å². The molecule has 1 fully saturated rings. The van der Waals surface area contributed by atoms with Gasteiger partial charge in [0.1, 0.15) is 0 Å². The van der Waals surface area contributed by atoms with Crippen LogP contribution < -0.4 is 5.32 Å². The first-order chi connectivity index (χ1) is 7.74. The first-order valence-electron chi connectivity index (χ1n) is 5.74. The Bertz CT molecular complexity index is 526. The molecule has 2 nitrogen and oxygen atoms in total. The zero-order chi connectivity index (χ0) is 11.1. The van der Waals surface area contributed by atoms with E-state index in [1.165, 1.54) is 35.0 Å². The van der Waals surface area contributed by atoms with E-state index in [1.807, 2.05) is 0 Å². The number of rotatable bonds is 3.